The lowest BCUT2D eigenvalue weighted by Gasteiger charge is -2.06. The molecule has 8 heteroatoms. The number of nitro benzene ring substituents is 1. The van der Waals surface area contributed by atoms with Crippen molar-refractivity contribution in [1.82, 2.24) is 15.0 Å². The van der Waals surface area contributed by atoms with Gasteiger partial charge in [0.15, 0.2) is 5.69 Å². The van der Waals surface area contributed by atoms with Crippen molar-refractivity contribution in [1.29, 1.82) is 0 Å². The lowest BCUT2D eigenvalue weighted by molar-refractivity contribution is -0.384. The molecule has 1 heterocycles. The Labute approximate surface area is 120 Å². The van der Waals surface area contributed by atoms with E-state index < -0.39 is 10.9 Å². The van der Waals surface area contributed by atoms with Crippen molar-refractivity contribution < 1.29 is 14.8 Å². The first-order valence-corrected chi connectivity index (χ1v) is 6.46. The number of non-ortho nitro benzene ring substituents is 1. The molecule has 0 aliphatic carbocycles. The second kappa shape index (κ2) is 6.12. The van der Waals surface area contributed by atoms with Crippen molar-refractivity contribution in [3.8, 4) is 11.3 Å². The highest BCUT2D eigenvalue weighted by atomic mass is 16.6. The molecule has 0 saturated heterocycles. The van der Waals surface area contributed by atoms with Crippen LogP contribution in [0.5, 0.6) is 0 Å². The summed E-state index contributed by atoms with van der Waals surface area (Å²) >= 11 is 0. The summed E-state index contributed by atoms with van der Waals surface area (Å²) in [6.45, 7) is 2.56. The number of nitrogens with zero attached hydrogens (tertiary/aromatic N) is 4. The van der Waals surface area contributed by atoms with Gasteiger partial charge in [-0.2, -0.15) is 0 Å². The van der Waals surface area contributed by atoms with Crippen LogP contribution in [0.1, 0.15) is 30.3 Å². The fourth-order valence-corrected chi connectivity index (χ4v) is 1.95. The van der Waals surface area contributed by atoms with Crippen LogP contribution in [0.4, 0.5) is 5.69 Å². The predicted octanol–water partition coefficient (Wildman–Crippen LogP) is 2.35. The van der Waals surface area contributed by atoms with E-state index in [1.165, 1.54) is 28.9 Å². The van der Waals surface area contributed by atoms with Gasteiger partial charge in [-0.25, -0.2) is 9.48 Å². The average Bonchev–Trinajstić information content (AvgIpc) is 2.89. The van der Waals surface area contributed by atoms with Gasteiger partial charge in [-0.15, -0.1) is 5.10 Å². The van der Waals surface area contributed by atoms with Gasteiger partial charge in [0.25, 0.3) is 5.69 Å². The minimum absolute atomic E-state index is 0.0526. The Balaban J connectivity index is 2.46. The highest BCUT2D eigenvalue weighted by molar-refractivity contribution is 5.92. The van der Waals surface area contributed by atoms with Crippen molar-refractivity contribution in [2.24, 2.45) is 0 Å². The number of unbranched alkanes of at least 4 members (excludes halogenated alkanes) is 1. The monoisotopic (exact) mass is 290 g/mol. The summed E-state index contributed by atoms with van der Waals surface area (Å²) in [5.41, 5.74) is 0.702. The zero-order chi connectivity index (χ0) is 15.4. The maximum absolute atomic E-state index is 11.2. The van der Waals surface area contributed by atoms with E-state index in [1.54, 1.807) is 0 Å². The van der Waals surface area contributed by atoms with Crippen molar-refractivity contribution in [2.75, 3.05) is 0 Å². The quantitative estimate of drug-likeness (QED) is 0.645. The van der Waals surface area contributed by atoms with E-state index in [2.05, 4.69) is 10.3 Å². The zero-order valence-corrected chi connectivity index (χ0v) is 11.4. The molecule has 1 aromatic carbocycles. The van der Waals surface area contributed by atoms with Gasteiger partial charge in [-0.1, -0.05) is 18.6 Å². The largest absolute Gasteiger partial charge is 0.476 e. The minimum atomic E-state index is -1.17. The van der Waals surface area contributed by atoms with Gasteiger partial charge in [0.2, 0.25) is 0 Å². The third-order valence-corrected chi connectivity index (χ3v) is 3.01. The summed E-state index contributed by atoms with van der Waals surface area (Å²) in [7, 11) is 0. The third-order valence-electron chi connectivity index (χ3n) is 3.01. The summed E-state index contributed by atoms with van der Waals surface area (Å²) in [4.78, 5) is 21.4. The number of nitro groups is 1. The van der Waals surface area contributed by atoms with Gasteiger partial charge < -0.3 is 5.11 Å². The van der Waals surface area contributed by atoms with Crippen LogP contribution >= 0.6 is 0 Å². The van der Waals surface area contributed by atoms with Gasteiger partial charge >= 0.3 is 5.97 Å². The number of carbonyl (C=O) groups is 1. The molecule has 0 unspecified atom stereocenters. The van der Waals surface area contributed by atoms with E-state index in [4.69, 9.17) is 0 Å². The third kappa shape index (κ3) is 3.04. The molecule has 2 aromatic rings. The summed E-state index contributed by atoms with van der Waals surface area (Å²) in [5, 5.41) is 27.4. The summed E-state index contributed by atoms with van der Waals surface area (Å²) in [6, 6.07) is 5.67. The van der Waals surface area contributed by atoms with Gasteiger partial charge in [0.1, 0.15) is 5.69 Å². The van der Waals surface area contributed by atoms with E-state index in [1.807, 2.05) is 6.92 Å². The number of benzene rings is 1. The van der Waals surface area contributed by atoms with E-state index in [9.17, 15) is 20.0 Å². The molecule has 110 valence electrons. The van der Waals surface area contributed by atoms with Crippen molar-refractivity contribution in [3.63, 3.8) is 0 Å². The highest BCUT2D eigenvalue weighted by Crippen LogP contribution is 2.25. The molecule has 0 spiro atoms. The van der Waals surface area contributed by atoms with E-state index >= 15 is 0 Å². The molecule has 0 radical (unpaired) electrons. The Bertz CT molecular complexity index is 663. The SMILES string of the molecule is CCCCn1nnc(C(=O)O)c1-c1ccc([N+](=O)[O-])cc1. The second-order valence-electron chi connectivity index (χ2n) is 4.47. The number of carboxylic acids is 1. The van der Waals surface area contributed by atoms with Crippen LogP contribution in [-0.2, 0) is 6.54 Å². The van der Waals surface area contributed by atoms with Crippen molar-refractivity contribution >= 4 is 11.7 Å². The first kappa shape index (κ1) is 14.6. The first-order chi connectivity index (χ1) is 10.0. The Kier molecular flexibility index (Phi) is 4.27. The van der Waals surface area contributed by atoms with Crippen LogP contribution in [0.25, 0.3) is 11.3 Å². The number of aromatic nitrogens is 3. The van der Waals surface area contributed by atoms with Crippen LogP contribution in [0.3, 0.4) is 0 Å². The molecular formula is C13H14N4O4. The summed E-state index contributed by atoms with van der Waals surface area (Å²) in [5.74, 6) is -1.17. The van der Waals surface area contributed by atoms with Gasteiger partial charge in [-0.05, 0) is 18.6 Å². The van der Waals surface area contributed by atoms with Gasteiger partial charge in [0.05, 0.1) is 4.92 Å². The number of carboxylic acid groups (broad SMARTS) is 1. The molecule has 0 aliphatic heterocycles. The molecule has 0 saturated carbocycles. The van der Waals surface area contributed by atoms with E-state index in [0.717, 1.165) is 12.8 Å². The predicted molar refractivity (Wildman–Crippen MR) is 74.0 cm³/mol. The maximum Gasteiger partial charge on any atom is 0.358 e. The Morgan fingerprint density at radius 1 is 1.38 bits per heavy atom. The highest BCUT2D eigenvalue weighted by Gasteiger charge is 2.20. The molecule has 1 aromatic heterocycles. The molecule has 0 bridgehead atoms. The van der Waals surface area contributed by atoms with Crippen LogP contribution in [0, 0.1) is 10.1 Å². The van der Waals surface area contributed by atoms with Crippen LogP contribution in [0.2, 0.25) is 0 Å². The summed E-state index contributed by atoms with van der Waals surface area (Å²) in [6.07, 6.45) is 1.77. The number of aryl methyl sites for hydroxylation is 1. The van der Waals surface area contributed by atoms with E-state index in [-0.39, 0.29) is 11.4 Å². The molecule has 21 heavy (non-hydrogen) atoms. The fourth-order valence-electron chi connectivity index (χ4n) is 1.95. The number of aromatic carboxylic acids is 1. The summed E-state index contributed by atoms with van der Waals surface area (Å²) < 4.78 is 1.52. The number of hydrogen-bond donors (Lipinski definition) is 1. The van der Waals surface area contributed by atoms with Gasteiger partial charge in [0, 0.05) is 24.2 Å². The van der Waals surface area contributed by atoms with E-state index in [0.29, 0.717) is 17.8 Å². The molecular weight excluding hydrogens is 276 g/mol. The Morgan fingerprint density at radius 3 is 2.57 bits per heavy atom. The van der Waals surface area contributed by atoms with Gasteiger partial charge in [-0.3, -0.25) is 10.1 Å². The lowest BCUT2D eigenvalue weighted by Crippen LogP contribution is -2.05. The molecule has 0 atom stereocenters. The smallest absolute Gasteiger partial charge is 0.358 e. The maximum atomic E-state index is 11.2. The number of rotatable bonds is 6. The molecule has 2 rings (SSSR count). The lowest BCUT2D eigenvalue weighted by atomic mass is 10.1. The first-order valence-electron chi connectivity index (χ1n) is 6.46. The topological polar surface area (TPSA) is 111 Å². The standard InChI is InChI=1S/C13H14N4O4/c1-2-3-8-16-12(11(13(18)19)14-15-16)9-4-6-10(7-5-9)17(20)21/h4-7H,2-3,8H2,1H3,(H,18,19). The molecule has 0 fully saturated rings. The number of hydrogen-bond acceptors (Lipinski definition) is 5. The average molecular weight is 290 g/mol. The van der Waals surface area contributed by atoms with Crippen LogP contribution in [-0.4, -0.2) is 31.0 Å². The fraction of sp³-hybridized carbons (Fsp3) is 0.308. The molecule has 0 aliphatic rings. The van der Waals surface area contributed by atoms with Crippen LogP contribution < -0.4 is 0 Å². The Morgan fingerprint density at radius 2 is 2.05 bits per heavy atom. The van der Waals surface area contributed by atoms with Crippen molar-refractivity contribution in [3.05, 3.63) is 40.1 Å². The van der Waals surface area contributed by atoms with Crippen LogP contribution in [0.15, 0.2) is 24.3 Å². The van der Waals surface area contributed by atoms with Crippen molar-refractivity contribution in [2.45, 2.75) is 26.3 Å². The second-order valence-corrected chi connectivity index (χ2v) is 4.47. The normalized spacial score (nSPS) is 10.5. The molecule has 8 nitrogen and oxygen atoms in total. The minimum Gasteiger partial charge on any atom is -0.476 e. The molecule has 1 N–H and O–H groups in total. The zero-order valence-electron chi connectivity index (χ0n) is 11.4. The molecule has 0 amide bonds. The Hall–Kier alpha value is -2.77.